The molecular formula is C33H32F8O4. The molecule has 0 N–H and O–H groups in total. The first-order valence-corrected chi connectivity index (χ1v) is 14.4. The molecule has 244 valence electrons. The van der Waals surface area contributed by atoms with Crippen LogP contribution in [0, 0.1) is 29.2 Å². The van der Waals surface area contributed by atoms with Gasteiger partial charge >= 0.3 is 12.2 Å². The molecule has 0 spiro atoms. The fourth-order valence-corrected chi connectivity index (χ4v) is 4.95. The third-order valence-electron chi connectivity index (χ3n) is 7.49. The molecule has 3 aromatic carbocycles. The van der Waals surface area contributed by atoms with Gasteiger partial charge in [-0.25, -0.2) is 4.39 Å². The molecule has 4 nitrogen and oxygen atoms in total. The van der Waals surface area contributed by atoms with Crippen LogP contribution in [-0.2, 0) is 6.11 Å². The zero-order valence-corrected chi connectivity index (χ0v) is 24.4. The highest BCUT2D eigenvalue weighted by molar-refractivity contribution is 5.36. The molecule has 12 heteroatoms. The SMILES string of the molecule is C=CC1CCC(c2ccc(OC(F)(F)c3ccc(OC(F)(F)COc4ccc(OCCCC)c(F)c4F)c(F)c3F)cc2)CC1. The number of unbranched alkanes of at least 4 members (excludes halogenated alkanes) is 1. The van der Waals surface area contributed by atoms with E-state index in [9.17, 15) is 35.1 Å². The number of benzene rings is 3. The average molecular weight is 645 g/mol. The maximum absolute atomic E-state index is 14.9. The average Bonchev–Trinajstić information content (AvgIpc) is 3.01. The Labute approximate surface area is 255 Å². The predicted octanol–water partition coefficient (Wildman–Crippen LogP) is 10.1. The number of hydrogen-bond donors (Lipinski definition) is 0. The van der Waals surface area contributed by atoms with E-state index in [0.717, 1.165) is 49.8 Å². The summed E-state index contributed by atoms with van der Waals surface area (Å²) < 4.78 is 135. The summed E-state index contributed by atoms with van der Waals surface area (Å²) in [5, 5.41) is 0. The van der Waals surface area contributed by atoms with Crippen molar-refractivity contribution in [3.63, 3.8) is 0 Å². The maximum Gasteiger partial charge on any atom is 0.433 e. The molecule has 1 saturated carbocycles. The number of alkyl halides is 4. The molecular weight excluding hydrogens is 612 g/mol. The summed E-state index contributed by atoms with van der Waals surface area (Å²) in [6.07, 6.45) is -1.82. The van der Waals surface area contributed by atoms with Crippen molar-refractivity contribution < 1.29 is 54.1 Å². The largest absolute Gasteiger partial charge is 0.490 e. The smallest absolute Gasteiger partial charge is 0.433 e. The van der Waals surface area contributed by atoms with Crippen LogP contribution in [-0.4, -0.2) is 19.3 Å². The Kier molecular flexibility index (Phi) is 10.9. The van der Waals surface area contributed by atoms with Crippen LogP contribution in [0.1, 0.15) is 62.5 Å². The fraction of sp³-hybridized carbons (Fsp3) is 0.394. The number of ether oxygens (including phenoxy) is 4. The van der Waals surface area contributed by atoms with Crippen molar-refractivity contribution in [2.75, 3.05) is 13.2 Å². The Hall–Kier alpha value is -3.96. The van der Waals surface area contributed by atoms with Gasteiger partial charge < -0.3 is 18.9 Å². The quantitative estimate of drug-likeness (QED) is 0.0995. The lowest BCUT2D eigenvalue weighted by Gasteiger charge is -2.27. The minimum Gasteiger partial charge on any atom is -0.490 e. The van der Waals surface area contributed by atoms with Gasteiger partial charge in [-0.3, -0.25) is 0 Å². The summed E-state index contributed by atoms with van der Waals surface area (Å²) in [7, 11) is 0. The molecule has 1 aliphatic carbocycles. The molecule has 0 atom stereocenters. The first-order valence-electron chi connectivity index (χ1n) is 14.4. The van der Waals surface area contributed by atoms with Crippen molar-refractivity contribution in [1.29, 1.82) is 0 Å². The van der Waals surface area contributed by atoms with Crippen LogP contribution in [0.4, 0.5) is 35.1 Å². The minimum atomic E-state index is -4.42. The molecule has 4 rings (SSSR count). The lowest BCUT2D eigenvalue weighted by Crippen LogP contribution is -2.33. The topological polar surface area (TPSA) is 36.9 Å². The van der Waals surface area contributed by atoms with Crippen molar-refractivity contribution >= 4 is 0 Å². The molecule has 1 fully saturated rings. The molecule has 3 aromatic rings. The van der Waals surface area contributed by atoms with Gasteiger partial charge in [0, 0.05) is 0 Å². The Morgan fingerprint density at radius 1 is 0.733 bits per heavy atom. The lowest BCUT2D eigenvalue weighted by atomic mass is 9.79. The van der Waals surface area contributed by atoms with Crippen LogP contribution in [0.25, 0.3) is 0 Å². The predicted molar refractivity (Wildman–Crippen MR) is 150 cm³/mol. The van der Waals surface area contributed by atoms with E-state index in [1.807, 2.05) is 13.0 Å². The summed E-state index contributed by atoms with van der Waals surface area (Å²) in [6, 6.07) is 8.34. The summed E-state index contributed by atoms with van der Waals surface area (Å²) in [4.78, 5) is 0. The molecule has 1 aliphatic rings. The van der Waals surface area contributed by atoms with Crippen LogP contribution in [0.3, 0.4) is 0 Å². The molecule has 0 aliphatic heterocycles. The molecule has 0 amide bonds. The van der Waals surface area contributed by atoms with Crippen LogP contribution in [0.15, 0.2) is 61.2 Å². The van der Waals surface area contributed by atoms with Crippen LogP contribution in [0.5, 0.6) is 23.0 Å². The number of allylic oxidation sites excluding steroid dienone is 1. The molecule has 0 bridgehead atoms. The van der Waals surface area contributed by atoms with Crippen LogP contribution in [0.2, 0.25) is 0 Å². The fourth-order valence-electron chi connectivity index (χ4n) is 4.95. The second kappa shape index (κ2) is 14.4. The van der Waals surface area contributed by atoms with Crippen molar-refractivity contribution in [3.8, 4) is 23.0 Å². The zero-order chi connectivity index (χ0) is 32.8. The van der Waals surface area contributed by atoms with Gasteiger partial charge in [-0.1, -0.05) is 31.6 Å². The first-order chi connectivity index (χ1) is 21.3. The van der Waals surface area contributed by atoms with E-state index >= 15 is 0 Å². The first kappa shape index (κ1) is 33.9. The second-order valence-electron chi connectivity index (χ2n) is 10.7. The Bertz CT molecular complexity index is 1450. The Morgan fingerprint density at radius 2 is 1.31 bits per heavy atom. The number of hydrogen-bond acceptors (Lipinski definition) is 4. The molecule has 0 radical (unpaired) electrons. The highest BCUT2D eigenvalue weighted by atomic mass is 19.3. The van der Waals surface area contributed by atoms with E-state index in [0.29, 0.717) is 24.5 Å². The Morgan fingerprint density at radius 3 is 1.91 bits per heavy atom. The number of rotatable bonds is 14. The van der Waals surface area contributed by atoms with Crippen molar-refractivity contribution in [2.45, 2.75) is 63.6 Å². The van der Waals surface area contributed by atoms with E-state index in [-0.39, 0.29) is 18.3 Å². The summed E-state index contributed by atoms with van der Waals surface area (Å²) in [5.74, 6) is -9.85. The normalized spacial score (nSPS) is 17.1. The molecule has 45 heavy (non-hydrogen) atoms. The molecule has 0 unspecified atom stereocenters. The number of halogens is 8. The van der Waals surface area contributed by atoms with E-state index in [1.54, 1.807) is 12.1 Å². The zero-order valence-electron chi connectivity index (χ0n) is 24.4. The standard InChI is InChI=1S/C33H32F8O4/c1-3-5-18-42-25-16-17-26(30(36)29(25)35)43-19-32(38,39)45-27-15-14-24(28(34)31(27)37)33(40,41)44-23-12-10-22(11-13-23)21-8-6-20(4-2)7-9-21/h4,10-17,20-21H,2-3,5-9,18-19H2,1H3. The van der Waals surface area contributed by atoms with E-state index in [4.69, 9.17) is 4.74 Å². The van der Waals surface area contributed by atoms with Gasteiger partial charge in [0.1, 0.15) is 11.3 Å². The van der Waals surface area contributed by atoms with Crippen LogP contribution >= 0.6 is 0 Å². The highest BCUT2D eigenvalue weighted by Gasteiger charge is 2.41. The van der Waals surface area contributed by atoms with E-state index < -0.39 is 64.9 Å². The van der Waals surface area contributed by atoms with Crippen LogP contribution < -0.4 is 18.9 Å². The van der Waals surface area contributed by atoms with E-state index in [1.165, 1.54) is 12.1 Å². The highest BCUT2D eigenvalue weighted by Crippen LogP contribution is 2.40. The van der Waals surface area contributed by atoms with Crippen molar-refractivity contribution in [1.82, 2.24) is 0 Å². The molecule has 0 saturated heterocycles. The third-order valence-corrected chi connectivity index (χ3v) is 7.49. The van der Waals surface area contributed by atoms with Gasteiger partial charge in [-0.15, -0.1) is 6.58 Å². The van der Waals surface area contributed by atoms with Crippen molar-refractivity contribution in [2.24, 2.45) is 5.92 Å². The van der Waals surface area contributed by atoms with Crippen molar-refractivity contribution in [3.05, 3.63) is 95.6 Å². The Balaban J connectivity index is 1.39. The summed E-state index contributed by atoms with van der Waals surface area (Å²) >= 11 is 0. The van der Waals surface area contributed by atoms with Gasteiger partial charge in [-0.05, 0) is 85.9 Å². The molecule has 0 heterocycles. The third kappa shape index (κ3) is 8.40. The monoisotopic (exact) mass is 644 g/mol. The van der Waals surface area contributed by atoms with Gasteiger partial charge in [0.25, 0.3) is 0 Å². The maximum atomic E-state index is 14.9. The lowest BCUT2D eigenvalue weighted by molar-refractivity contribution is -0.197. The molecule has 0 aromatic heterocycles. The second-order valence-corrected chi connectivity index (χ2v) is 10.7. The minimum absolute atomic E-state index is 0.0999. The van der Waals surface area contributed by atoms with Gasteiger partial charge in [0.15, 0.2) is 29.7 Å². The summed E-state index contributed by atoms with van der Waals surface area (Å²) in [6.45, 7) is 4.01. The summed E-state index contributed by atoms with van der Waals surface area (Å²) in [5.41, 5.74) is -0.629. The van der Waals surface area contributed by atoms with E-state index in [2.05, 4.69) is 20.8 Å². The van der Waals surface area contributed by atoms with Gasteiger partial charge in [0.2, 0.25) is 17.5 Å². The van der Waals surface area contributed by atoms with Gasteiger partial charge in [-0.2, -0.15) is 30.7 Å². The van der Waals surface area contributed by atoms with Gasteiger partial charge in [0.05, 0.1) is 6.61 Å².